The van der Waals surface area contributed by atoms with Crippen molar-refractivity contribution < 1.29 is 9.18 Å². The van der Waals surface area contributed by atoms with Gasteiger partial charge in [-0.2, -0.15) is 5.10 Å². The first-order valence-electron chi connectivity index (χ1n) is 9.72. The summed E-state index contributed by atoms with van der Waals surface area (Å²) in [5.41, 5.74) is 2.97. The molecule has 3 aromatic heterocycles. The van der Waals surface area contributed by atoms with E-state index in [1.54, 1.807) is 35.6 Å². The standard InChI is InChI=1S/C23H16FN5O2S/c24-17-6-4-15(5-7-17)19-8-9-22(31)29(27-19)14-21(30)25-18-3-1-2-16(12-18)20-13-28-10-11-32-23(28)26-20/h1-13H,14H2,(H,25,30). The summed E-state index contributed by atoms with van der Waals surface area (Å²) in [5.74, 6) is -0.752. The number of carbonyl (C=O) groups excluding carboxylic acids is 1. The zero-order valence-electron chi connectivity index (χ0n) is 16.6. The van der Waals surface area contributed by atoms with E-state index in [0.29, 0.717) is 16.9 Å². The molecule has 5 rings (SSSR count). The van der Waals surface area contributed by atoms with E-state index in [4.69, 9.17) is 0 Å². The van der Waals surface area contributed by atoms with Crippen molar-refractivity contribution in [1.82, 2.24) is 19.2 Å². The van der Waals surface area contributed by atoms with Gasteiger partial charge >= 0.3 is 0 Å². The number of hydrogen-bond acceptors (Lipinski definition) is 5. The van der Waals surface area contributed by atoms with Gasteiger partial charge in [-0.1, -0.05) is 12.1 Å². The minimum absolute atomic E-state index is 0.252. The molecule has 0 aliphatic rings. The largest absolute Gasteiger partial charge is 0.324 e. The third-order valence-corrected chi connectivity index (χ3v) is 5.61. The van der Waals surface area contributed by atoms with E-state index in [1.165, 1.54) is 18.2 Å². The molecule has 3 heterocycles. The third kappa shape index (κ3) is 4.06. The van der Waals surface area contributed by atoms with Crippen molar-refractivity contribution in [2.75, 3.05) is 5.32 Å². The van der Waals surface area contributed by atoms with Gasteiger partial charge in [-0.05, 0) is 42.5 Å². The number of thiazole rings is 1. The number of amides is 1. The fourth-order valence-corrected chi connectivity index (χ4v) is 4.00. The van der Waals surface area contributed by atoms with E-state index >= 15 is 0 Å². The maximum Gasteiger partial charge on any atom is 0.267 e. The average Bonchev–Trinajstić information content (AvgIpc) is 3.39. The Morgan fingerprint density at radius 1 is 1.03 bits per heavy atom. The first-order chi connectivity index (χ1) is 15.5. The van der Waals surface area contributed by atoms with Crippen molar-refractivity contribution in [3.05, 3.63) is 94.6 Å². The van der Waals surface area contributed by atoms with Crippen LogP contribution in [-0.2, 0) is 11.3 Å². The smallest absolute Gasteiger partial charge is 0.267 e. The molecule has 0 saturated carbocycles. The minimum atomic E-state index is -0.405. The fraction of sp³-hybridized carbons (Fsp3) is 0.0435. The number of imidazole rings is 1. The molecule has 9 heteroatoms. The third-order valence-electron chi connectivity index (χ3n) is 4.84. The normalized spacial score (nSPS) is 11.0. The van der Waals surface area contributed by atoms with Gasteiger partial charge in [-0.15, -0.1) is 11.3 Å². The van der Waals surface area contributed by atoms with Gasteiger partial charge in [0, 0.05) is 40.7 Å². The van der Waals surface area contributed by atoms with Crippen LogP contribution in [0.4, 0.5) is 10.1 Å². The molecule has 0 spiro atoms. The van der Waals surface area contributed by atoms with E-state index in [-0.39, 0.29) is 18.3 Å². The van der Waals surface area contributed by atoms with Crippen LogP contribution >= 0.6 is 11.3 Å². The Labute approximate surface area is 185 Å². The summed E-state index contributed by atoms with van der Waals surface area (Å²) < 4.78 is 16.2. The summed E-state index contributed by atoms with van der Waals surface area (Å²) in [7, 11) is 0. The highest BCUT2D eigenvalue weighted by molar-refractivity contribution is 7.15. The van der Waals surface area contributed by atoms with Gasteiger partial charge in [-0.25, -0.2) is 14.1 Å². The van der Waals surface area contributed by atoms with E-state index in [9.17, 15) is 14.0 Å². The lowest BCUT2D eigenvalue weighted by Crippen LogP contribution is -2.29. The molecular weight excluding hydrogens is 429 g/mol. The molecule has 32 heavy (non-hydrogen) atoms. The van der Waals surface area contributed by atoms with Crippen LogP contribution < -0.4 is 10.9 Å². The molecule has 2 aromatic carbocycles. The number of anilines is 1. The molecule has 0 unspecified atom stereocenters. The van der Waals surface area contributed by atoms with Crippen LogP contribution in [-0.4, -0.2) is 25.1 Å². The number of fused-ring (bicyclic) bond motifs is 1. The van der Waals surface area contributed by atoms with Crippen molar-refractivity contribution in [3.8, 4) is 22.5 Å². The Kier molecular flexibility index (Phi) is 5.08. The van der Waals surface area contributed by atoms with E-state index < -0.39 is 5.56 Å². The SMILES string of the molecule is O=C(Cn1nc(-c2ccc(F)cc2)ccc1=O)Nc1cccc(-c2cn3ccsc3n2)c1. The molecule has 5 aromatic rings. The molecule has 0 radical (unpaired) electrons. The maximum absolute atomic E-state index is 13.2. The Balaban J connectivity index is 1.34. The van der Waals surface area contributed by atoms with E-state index in [1.807, 2.05) is 40.4 Å². The second kappa shape index (κ2) is 8.20. The Bertz CT molecular complexity index is 1460. The van der Waals surface area contributed by atoms with Gasteiger partial charge in [-0.3, -0.25) is 14.0 Å². The average molecular weight is 445 g/mol. The van der Waals surface area contributed by atoms with Crippen molar-refractivity contribution in [2.45, 2.75) is 6.54 Å². The number of aromatic nitrogens is 4. The molecule has 0 fully saturated rings. The second-order valence-electron chi connectivity index (χ2n) is 7.07. The van der Waals surface area contributed by atoms with Crippen LogP contribution in [0, 0.1) is 5.82 Å². The van der Waals surface area contributed by atoms with E-state index in [0.717, 1.165) is 20.9 Å². The molecular formula is C23H16FN5O2S. The van der Waals surface area contributed by atoms with Crippen molar-refractivity contribution >= 4 is 27.9 Å². The lowest BCUT2D eigenvalue weighted by Gasteiger charge is -2.09. The number of nitrogens with zero attached hydrogens (tertiary/aromatic N) is 4. The van der Waals surface area contributed by atoms with Crippen LogP contribution in [0.2, 0.25) is 0 Å². The monoisotopic (exact) mass is 445 g/mol. The molecule has 158 valence electrons. The number of benzene rings is 2. The van der Waals surface area contributed by atoms with Crippen LogP contribution in [0.1, 0.15) is 0 Å². The van der Waals surface area contributed by atoms with E-state index in [2.05, 4.69) is 15.4 Å². The summed E-state index contributed by atoms with van der Waals surface area (Å²) in [6.07, 6.45) is 3.87. The van der Waals surface area contributed by atoms with Gasteiger partial charge in [0.2, 0.25) is 5.91 Å². The highest BCUT2D eigenvalue weighted by Crippen LogP contribution is 2.24. The molecule has 0 aliphatic heterocycles. The molecule has 0 bridgehead atoms. The van der Waals surface area contributed by atoms with Crippen molar-refractivity contribution in [1.29, 1.82) is 0 Å². The molecule has 0 atom stereocenters. The Morgan fingerprint density at radius 3 is 2.69 bits per heavy atom. The number of nitrogens with one attached hydrogen (secondary N) is 1. The predicted molar refractivity (Wildman–Crippen MR) is 121 cm³/mol. The second-order valence-corrected chi connectivity index (χ2v) is 7.94. The van der Waals surface area contributed by atoms with Gasteiger partial charge in [0.1, 0.15) is 12.4 Å². The summed E-state index contributed by atoms with van der Waals surface area (Å²) in [6.45, 7) is -0.252. The highest BCUT2D eigenvalue weighted by atomic mass is 32.1. The lowest BCUT2D eigenvalue weighted by molar-refractivity contribution is -0.117. The molecule has 0 saturated heterocycles. The van der Waals surface area contributed by atoms with Crippen LogP contribution in [0.25, 0.3) is 27.5 Å². The Morgan fingerprint density at radius 2 is 1.88 bits per heavy atom. The molecule has 1 N–H and O–H groups in total. The topological polar surface area (TPSA) is 81.3 Å². The minimum Gasteiger partial charge on any atom is -0.324 e. The summed E-state index contributed by atoms with van der Waals surface area (Å²) in [5, 5.41) is 9.01. The molecule has 7 nitrogen and oxygen atoms in total. The Hall–Kier alpha value is -4.11. The highest BCUT2D eigenvalue weighted by Gasteiger charge is 2.11. The molecule has 0 aliphatic carbocycles. The predicted octanol–water partition coefficient (Wildman–Crippen LogP) is 4.06. The number of rotatable bonds is 5. The van der Waals surface area contributed by atoms with Gasteiger partial charge in [0.05, 0.1) is 11.4 Å². The quantitative estimate of drug-likeness (QED) is 0.442. The first kappa shape index (κ1) is 19.8. The number of carbonyl (C=O) groups is 1. The number of hydrogen-bond donors (Lipinski definition) is 1. The van der Waals surface area contributed by atoms with Gasteiger partial charge in [0.15, 0.2) is 4.96 Å². The summed E-state index contributed by atoms with van der Waals surface area (Å²) >= 11 is 1.54. The fourth-order valence-electron chi connectivity index (χ4n) is 3.30. The van der Waals surface area contributed by atoms with Crippen LogP contribution in [0.3, 0.4) is 0 Å². The van der Waals surface area contributed by atoms with Gasteiger partial charge < -0.3 is 5.32 Å². The number of halogens is 1. The summed E-state index contributed by atoms with van der Waals surface area (Å²) in [6, 6.07) is 16.0. The van der Waals surface area contributed by atoms with Gasteiger partial charge in [0.25, 0.3) is 5.56 Å². The van der Waals surface area contributed by atoms with Crippen LogP contribution in [0.5, 0.6) is 0 Å². The zero-order valence-corrected chi connectivity index (χ0v) is 17.4. The van der Waals surface area contributed by atoms with Crippen molar-refractivity contribution in [3.63, 3.8) is 0 Å². The lowest BCUT2D eigenvalue weighted by atomic mass is 10.1. The summed E-state index contributed by atoms with van der Waals surface area (Å²) in [4.78, 5) is 30.3. The first-order valence-corrected chi connectivity index (χ1v) is 10.6. The zero-order chi connectivity index (χ0) is 22.1. The van der Waals surface area contributed by atoms with Crippen LogP contribution in [0.15, 0.2) is 83.2 Å². The molecule has 1 amide bonds. The maximum atomic E-state index is 13.2. The van der Waals surface area contributed by atoms with Crippen molar-refractivity contribution in [2.24, 2.45) is 0 Å².